The van der Waals surface area contributed by atoms with Crippen LogP contribution < -0.4 is 0 Å². The van der Waals surface area contributed by atoms with Gasteiger partial charge in [0, 0.05) is 0 Å². The van der Waals surface area contributed by atoms with Crippen molar-refractivity contribution in [3.8, 4) is 0 Å². The van der Waals surface area contributed by atoms with E-state index >= 15 is 0 Å². The summed E-state index contributed by atoms with van der Waals surface area (Å²) in [4.78, 5) is 28.5. The molecule has 0 saturated heterocycles. The summed E-state index contributed by atoms with van der Waals surface area (Å²) in [6.45, 7) is 1.90. The molecule has 0 saturated carbocycles. The van der Waals surface area contributed by atoms with Crippen molar-refractivity contribution in [2.24, 2.45) is 9.98 Å². The Kier molecular flexibility index (Phi) is 3.67. The van der Waals surface area contributed by atoms with Crippen LogP contribution in [0.3, 0.4) is 0 Å². The number of allylic oxidation sites excluding steroid dienone is 2. The summed E-state index contributed by atoms with van der Waals surface area (Å²) in [7, 11) is 0. The minimum Gasteiger partial charge on any atom is -0.211 e. The van der Waals surface area contributed by atoms with E-state index < -0.39 is 5.54 Å². The number of aliphatic imine (C=N–C) groups is 2. The fourth-order valence-corrected chi connectivity index (χ4v) is 2.29. The van der Waals surface area contributed by atoms with Crippen molar-refractivity contribution >= 4 is 17.8 Å². The maximum absolute atomic E-state index is 10.7. The monoisotopic (exact) mass is 252 g/mol. The first-order valence-electron chi connectivity index (χ1n) is 5.84. The lowest BCUT2D eigenvalue weighted by atomic mass is 9.82. The molecule has 1 aromatic carbocycles. The third-order valence-electron chi connectivity index (χ3n) is 3.14. The molecule has 4 heteroatoms. The highest BCUT2D eigenvalue weighted by molar-refractivity contribution is 5.54. The van der Waals surface area contributed by atoms with Crippen LogP contribution in [0, 0.1) is 6.92 Å². The number of rotatable bonds is 3. The van der Waals surface area contributed by atoms with Gasteiger partial charge in [-0.05, 0) is 36.6 Å². The molecule has 2 rings (SSSR count). The topological polar surface area (TPSA) is 58.9 Å². The highest BCUT2D eigenvalue weighted by Crippen LogP contribution is 2.36. The van der Waals surface area contributed by atoms with E-state index in [0.29, 0.717) is 12.1 Å². The second-order valence-corrected chi connectivity index (χ2v) is 4.32. The molecule has 1 atom stereocenters. The number of hydrogen-bond acceptors (Lipinski definition) is 4. The van der Waals surface area contributed by atoms with Gasteiger partial charge in [0.25, 0.3) is 0 Å². The molecule has 1 aromatic rings. The number of aryl methyl sites for hydroxylation is 1. The average molecular weight is 252 g/mol. The van der Waals surface area contributed by atoms with Crippen molar-refractivity contribution < 1.29 is 9.59 Å². The van der Waals surface area contributed by atoms with Gasteiger partial charge in [0.2, 0.25) is 12.2 Å². The normalized spacial score (nSPS) is 20.5. The molecule has 0 heterocycles. The van der Waals surface area contributed by atoms with Crippen LogP contribution >= 0.6 is 0 Å². The first kappa shape index (κ1) is 12.9. The van der Waals surface area contributed by atoms with E-state index in [1.165, 1.54) is 6.08 Å². The molecule has 1 unspecified atom stereocenters. The molecular formula is C15H12N2O2. The molecular weight excluding hydrogens is 240 g/mol. The molecule has 4 nitrogen and oxygen atoms in total. The standard InChI is InChI=1S/C15H12N2O2/c1-12-9-13(16-10-18)5-6-14(12)15(17-11-19)7-3-2-4-8-15/h2-7,9H,8H2,1H3. The van der Waals surface area contributed by atoms with Crippen molar-refractivity contribution in [2.75, 3.05) is 0 Å². The second kappa shape index (κ2) is 5.40. The Balaban J connectivity index is 2.55. The van der Waals surface area contributed by atoms with Crippen LogP contribution in [0.4, 0.5) is 5.69 Å². The predicted octanol–water partition coefficient (Wildman–Crippen LogP) is 3.01. The van der Waals surface area contributed by atoms with E-state index in [9.17, 15) is 9.59 Å². The van der Waals surface area contributed by atoms with Gasteiger partial charge in [-0.25, -0.2) is 9.59 Å². The molecule has 0 aliphatic heterocycles. The maximum atomic E-state index is 10.7. The summed E-state index contributed by atoms with van der Waals surface area (Å²) in [5.74, 6) is 0. The molecule has 94 valence electrons. The quantitative estimate of drug-likeness (QED) is 0.613. The van der Waals surface area contributed by atoms with Crippen LogP contribution in [0.25, 0.3) is 0 Å². The zero-order valence-corrected chi connectivity index (χ0v) is 10.5. The van der Waals surface area contributed by atoms with Crippen LogP contribution in [0.2, 0.25) is 0 Å². The smallest absolute Gasteiger partial charge is 0.211 e. The van der Waals surface area contributed by atoms with Crippen molar-refractivity contribution in [2.45, 2.75) is 18.9 Å². The van der Waals surface area contributed by atoms with Crippen molar-refractivity contribution in [1.82, 2.24) is 0 Å². The molecule has 19 heavy (non-hydrogen) atoms. The van der Waals surface area contributed by atoms with E-state index in [2.05, 4.69) is 9.98 Å². The molecule has 1 aliphatic carbocycles. The van der Waals surface area contributed by atoms with Gasteiger partial charge in [-0.2, -0.15) is 9.98 Å². The lowest BCUT2D eigenvalue weighted by Gasteiger charge is -2.27. The van der Waals surface area contributed by atoms with E-state index in [4.69, 9.17) is 0 Å². The Labute approximate surface area is 110 Å². The number of carbonyl (C=O) groups excluding carboxylic acids is 2. The van der Waals surface area contributed by atoms with E-state index in [1.54, 1.807) is 18.2 Å². The summed E-state index contributed by atoms with van der Waals surface area (Å²) in [5, 5.41) is 0. The van der Waals surface area contributed by atoms with Crippen LogP contribution in [0.5, 0.6) is 0 Å². The first-order chi connectivity index (χ1) is 9.22. The molecule has 0 radical (unpaired) electrons. The number of nitrogens with zero attached hydrogens (tertiary/aromatic N) is 2. The molecule has 0 aromatic heterocycles. The molecule has 0 bridgehead atoms. The Morgan fingerprint density at radius 2 is 2.05 bits per heavy atom. The highest BCUT2D eigenvalue weighted by Gasteiger charge is 2.30. The lowest BCUT2D eigenvalue weighted by molar-refractivity contribution is 0.527. The van der Waals surface area contributed by atoms with Gasteiger partial charge in [-0.3, -0.25) is 0 Å². The third-order valence-corrected chi connectivity index (χ3v) is 3.14. The summed E-state index contributed by atoms with van der Waals surface area (Å²) in [6, 6.07) is 5.31. The zero-order valence-electron chi connectivity index (χ0n) is 10.5. The van der Waals surface area contributed by atoms with E-state index in [0.717, 1.165) is 11.1 Å². The highest BCUT2D eigenvalue weighted by atomic mass is 16.1. The first-order valence-corrected chi connectivity index (χ1v) is 5.84. The van der Waals surface area contributed by atoms with Gasteiger partial charge in [0.15, 0.2) is 0 Å². The Bertz CT molecular complexity index is 648. The van der Waals surface area contributed by atoms with Crippen LogP contribution in [0.15, 0.2) is 52.5 Å². The molecule has 1 aliphatic rings. The SMILES string of the molecule is Cc1cc(N=C=O)ccc1C1(N=C=O)C=CC=CC1. The van der Waals surface area contributed by atoms with Gasteiger partial charge in [0.05, 0.1) is 5.69 Å². The maximum Gasteiger partial charge on any atom is 0.240 e. The fraction of sp³-hybridized carbons (Fsp3) is 0.200. The van der Waals surface area contributed by atoms with Gasteiger partial charge >= 0.3 is 0 Å². The van der Waals surface area contributed by atoms with Crippen LogP contribution in [-0.2, 0) is 15.1 Å². The zero-order chi connectivity index (χ0) is 13.7. The van der Waals surface area contributed by atoms with Gasteiger partial charge < -0.3 is 0 Å². The second-order valence-electron chi connectivity index (χ2n) is 4.32. The van der Waals surface area contributed by atoms with Crippen LogP contribution in [-0.4, -0.2) is 12.2 Å². The van der Waals surface area contributed by atoms with Gasteiger partial charge in [0.1, 0.15) is 5.54 Å². The minimum atomic E-state index is -0.704. The number of isocyanates is 2. The van der Waals surface area contributed by atoms with Crippen molar-refractivity contribution in [3.05, 3.63) is 53.6 Å². The van der Waals surface area contributed by atoms with Gasteiger partial charge in [-0.15, -0.1) is 0 Å². The molecule has 0 N–H and O–H groups in total. The van der Waals surface area contributed by atoms with E-state index in [1.807, 2.05) is 37.3 Å². The summed E-state index contributed by atoms with van der Waals surface area (Å²) in [6.07, 6.45) is 11.4. The number of benzene rings is 1. The minimum absolute atomic E-state index is 0.539. The van der Waals surface area contributed by atoms with Crippen molar-refractivity contribution in [1.29, 1.82) is 0 Å². The van der Waals surface area contributed by atoms with Crippen molar-refractivity contribution in [3.63, 3.8) is 0 Å². The fourth-order valence-electron chi connectivity index (χ4n) is 2.29. The Morgan fingerprint density at radius 1 is 1.21 bits per heavy atom. The molecule has 0 fully saturated rings. The average Bonchev–Trinajstić information content (AvgIpc) is 2.40. The Morgan fingerprint density at radius 3 is 2.63 bits per heavy atom. The largest absolute Gasteiger partial charge is 0.240 e. The van der Waals surface area contributed by atoms with Gasteiger partial charge in [-0.1, -0.05) is 30.4 Å². The summed E-state index contributed by atoms with van der Waals surface area (Å²) >= 11 is 0. The Hall–Kier alpha value is -2.54. The van der Waals surface area contributed by atoms with Crippen LogP contribution in [0.1, 0.15) is 17.5 Å². The summed E-state index contributed by atoms with van der Waals surface area (Å²) in [5.41, 5.74) is 1.65. The molecule has 0 amide bonds. The number of hydrogen-bond donors (Lipinski definition) is 0. The lowest BCUT2D eigenvalue weighted by Crippen LogP contribution is -2.22. The molecule has 0 spiro atoms. The van der Waals surface area contributed by atoms with E-state index in [-0.39, 0.29) is 0 Å². The predicted molar refractivity (Wildman–Crippen MR) is 71.7 cm³/mol. The summed E-state index contributed by atoms with van der Waals surface area (Å²) < 4.78 is 0. The third kappa shape index (κ3) is 2.50.